The standard InChI is InChI=1S/C16H19N3OS/c21-16(17-12-13-6-5-11-20-13)18-14-7-1-2-8-15(14)19-9-3-4-10-19/h1-2,5-8,11H,3-4,9-10,12H2,(H2,17,18,21). The Morgan fingerprint density at radius 1 is 1.14 bits per heavy atom. The first kappa shape index (κ1) is 13.9. The zero-order valence-electron chi connectivity index (χ0n) is 11.8. The van der Waals surface area contributed by atoms with Crippen molar-refractivity contribution in [2.24, 2.45) is 0 Å². The molecule has 0 saturated carbocycles. The van der Waals surface area contributed by atoms with E-state index < -0.39 is 0 Å². The Hall–Kier alpha value is -2.01. The predicted molar refractivity (Wildman–Crippen MR) is 89.7 cm³/mol. The Bertz CT molecular complexity index is 591. The van der Waals surface area contributed by atoms with Crippen LogP contribution in [0.5, 0.6) is 0 Å². The van der Waals surface area contributed by atoms with E-state index in [4.69, 9.17) is 16.6 Å². The third-order valence-corrected chi connectivity index (χ3v) is 3.85. The second-order valence-corrected chi connectivity index (χ2v) is 5.51. The van der Waals surface area contributed by atoms with Gasteiger partial charge in [-0.05, 0) is 49.3 Å². The minimum Gasteiger partial charge on any atom is -0.467 e. The van der Waals surface area contributed by atoms with E-state index in [-0.39, 0.29) is 0 Å². The second kappa shape index (κ2) is 6.63. The van der Waals surface area contributed by atoms with E-state index in [1.54, 1.807) is 6.26 Å². The third-order valence-electron chi connectivity index (χ3n) is 3.60. The van der Waals surface area contributed by atoms with Crippen molar-refractivity contribution < 1.29 is 4.42 Å². The molecule has 21 heavy (non-hydrogen) atoms. The van der Waals surface area contributed by atoms with Crippen molar-refractivity contribution in [2.75, 3.05) is 23.3 Å². The fourth-order valence-corrected chi connectivity index (χ4v) is 2.74. The van der Waals surface area contributed by atoms with E-state index in [1.165, 1.54) is 18.5 Å². The summed E-state index contributed by atoms with van der Waals surface area (Å²) in [6.07, 6.45) is 4.18. The van der Waals surface area contributed by atoms with Gasteiger partial charge < -0.3 is 20.0 Å². The molecular formula is C16H19N3OS. The third kappa shape index (κ3) is 3.55. The molecule has 1 aliphatic heterocycles. The highest BCUT2D eigenvalue weighted by Gasteiger charge is 2.15. The number of furan rings is 1. The molecule has 0 atom stereocenters. The van der Waals surface area contributed by atoms with Crippen LogP contribution in [-0.2, 0) is 6.54 Å². The molecule has 0 bridgehead atoms. The van der Waals surface area contributed by atoms with E-state index >= 15 is 0 Å². The van der Waals surface area contributed by atoms with E-state index in [9.17, 15) is 0 Å². The Kier molecular flexibility index (Phi) is 4.40. The number of para-hydroxylation sites is 2. The maximum atomic E-state index is 5.36. The van der Waals surface area contributed by atoms with Gasteiger partial charge in [0.25, 0.3) is 0 Å². The zero-order valence-corrected chi connectivity index (χ0v) is 12.7. The van der Waals surface area contributed by atoms with Gasteiger partial charge in [0.05, 0.1) is 24.2 Å². The smallest absolute Gasteiger partial charge is 0.171 e. The van der Waals surface area contributed by atoms with E-state index in [0.29, 0.717) is 11.7 Å². The summed E-state index contributed by atoms with van der Waals surface area (Å²) >= 11 is 5.36. The fourth-order valence-electron chi connectivity index (χ4n) is 2.56. The molecule has 5 heteroatoms. The number of benzene rings is 1. The van der Waals surface area contributed by atoms with Crippen LogP contribution in [0.2, 0.25) is 0 Å². The number of nitrogens with zero attached hydrogens (tertiary/aromatic N) is 1. The quantitative estimate of drug-likeness (QED) is 0.847. The molecule has 4 nitrogen and oxygen atoms in total. The maximum Gasteiger partial charge on any atom is 0.171 e. The predicted octanol–water partition coefficient (Wildman–Crippen LogP) is 3.37. The van der Waals surface area contributed by atoms with E-state index in [1.807, 2.05) is 18.2 Å². The summed E-state index contributed by atoms with van der Waals surface area (Å²) < 4.78 is 5.28. The van der Waals surface area contributed by atoms with Crippen LogP contribution in [-0.4, -0.2) is 18.2 Å². The molecule has 2 heterocycles. The van der Waals surface area contributed by atoms with Gasteiger partial charge in [-0.25, -0.2) is 0 Å². The molecule has 0 radical (unpaired) electrons. The van der Waals surface area contributed by atoms with Crippen LogP contribution in [0.4, 0.5) is 11.4 Å². The van der Waals surface area contributed by atoms with Crippen LogP contribution < -0.4 is 15.5 Å². The van der Waals surface area contributed by atoms with Gasteiger partial charge in [-0.2, -0.15) is 0 Å². The van der Waals surface area contributed by atoms with Crippen LogP contribution in [0, 0.1) is 0 Å². The maximum absolute atomic E-state index is 5.36. The highest BCUT2D eigenvalue weighted by atomic mass is 32.1. The van der Waals surface area contributed by atoms with Gasteiger partial charge in [0.2, 0.25) is 0 Å². The van der Waals surface area contributed by atoms with Crippen molar-refractivity contribution in [3.05, 3.63) is 48.4 Å². The van der Waals surface area contributed by atoms with Crippen molar-refractivity contribution in [1.29, 1.82) is 0 Å². The van der Waals surface area contributed by atoms with Gasteiger partial charge in [-0.1, -0.05) is 12.1 Å². The molecule has 2 N–H and O–H groups in total. The summed E-state index contributed by atoms with van der Waals surface area (Å²) in [4.78, 5) is 2.40. The molecule has 1 aromatic carbocycles. The topological polar surface area (TPSA) is 40.4 Å². The molecule has 1 aliphatic rings. The number of hydrogen-bond acceptors (Lipinski definition) is 3. The van der Waals surface area contributed by atoms with Crippen LogP contribution >= 0.6 is 12.2 Å². The summed E-state index contributed by atoms with van der Waals surface area (Å²) in [5.41, 5.74) is 2.27. The van der Waals surface area contributed by atoms with E-state index in [0.717, 1.165) is 24.5 Å². The lowest BCUT2D eigenvalue weighted by Gasteiger charge is -2.22. The molecule has 2 aromatic rings. The highest BCUT2D eigenvalue weighted by molar-refractivity contribution is 7.80. The fraction of sp³-hybridized carbons (Fsp3) is 0.312. The molecule has 0 amide bonds. The molecule has 0 unspecified atom stereocenters. The van der Waals surface area contributed by atoms with Crippen molar-refractivity contribution in [3.8, 4) is 0 Å². The number of hydrogen-bond donors (Lipinski definition) is 2. The first-order valence-electron chi connectivity index (χ1n) is 7.24. The molecule has 1 fully saturated rings. The molecule has 3 rings (SSSR count). The van der Waals surface area contributed by atoms with Gasteiger partial charge in [-0.15, -0.1) is 0 Å². The summed E-state index contributed by atoms with van der Waals surface area (Å²) in [5.74, 6) is 0.868. The Morgan fingerprint density at radius 2 is 1.95 bits per heavy atom. The Balaban J connectivity index is 1.62. The molecule has 0 spiro atoms. The lowest BCUT2D eigenvalue weighted by Crippen LogP contribution is -2.29. The molecule has 110 valence electrons. The van der Waals surface area contributed by atoms with E-state index in [2.05, 4.69) is 33.7 Å². The van der Waals surface area contributed by atoms with Crippen LogP contribution in [0.15, 0.2) is 47.1 Å². The first-order valence-corrected chi connectivity index (χ1v) is 7.65. The van der Waals surface area contributed by atoms with Crippen molar-refractivity contribution >= 4 is 28.7 Å². The number of nitrogens with one attached hydrogen (secondary N) is 2. The normalized spacial score (nSPS) is 14.2. The summed E-state index contributed by atoms with van der Waals surface area (Å²) in [5, 5.41) is 7.06. The van der Waals surface area contributed by atoms with Crippen LogP contribution in [0.1, 0.15) is 18.6 Å². The molecular weight excluding hydrogens is 282 g/mol. The van der Waals surface area contributed by atoms with Crippen LogP contribution in [0.3, 0.4) is 0 Å². The van der Waals surface area contributed by atoms with Gasteiger partial charge in [0.1, 0.15) is 5.76 Å². The number of thiocarbonyl (C=S) groups is 1. The monoisotopic (exact) mass is 301 g/mol. The lowest BCUT2D eigenvalue weighted by molar-refractivity contribution is 0.503. The largest absolute Gasteiger partial charge is 0.467 e. The Morgan fingerprint density at radius 3 is 2.71 bits per heavy atom. The molecule has 0 aliphatic carbocycles. The van der Waals surface area contributed by atoms with Gasteiger partial charge in [0, 0.05) is 13.1 Å². The average molecular weight is 301 g/mol. The lowest BCUT2D eigenvalue weighted by atomic mass is 10.2. The van der Waals surface area contributed by atoms with Gasteiger partial charge in [0.15, 0.2) is 5.11 Å². The summed E-state index contributed by atoms with van der Waals surface area (Å²) in [7, 11) is 0. The average Bonchev–Trinajstić information content (AvgIpc) is 3.19. The van der Waals surface area contributed by atoms with Crippen LogP contribution in [0.25, 0.3) is 0 Å². The first-order chi connectivity index (χ1) is 10.3. The van der Waals surface area contributed by atoms with Crippen molar-refractivity contribution in [2.45, 2.75) is 19.4 Å². The van der Waals surface area contributed by atoms with Gasteiger partial charge >= 0.3 is 0 Å². The highest BCUT2D eigenvalue weighted by Crippen LogP contribution is 2.28. The minimum absolute atomic E-state index is 0.588. The van der Waals surface area contributed by atoms with Crippen molar-refractivity contribution in [3.63, 3.8) is 0 Å². The molecule has 1 saturated heterocycles. The number of anilines is 2. The minimum atomic E-state index is 0.588. The SMILES string of the molecule is S=C(NCc1ccco1)Nc1ccccc1N1CCCC1. The second-order valence-electron chi connectivity index (χ2n) is 5.10. The summed E-state index contributed by atoms with van der Waals surface area (Å²) in [6.45, 7) is 2.82. The Labute approximate surface area is 130 Å². The van der Waals surface area contributed by atoms with Gasteiger partial charge in [-0.3, -0.25) is 0 Å². The zero-order chi connectivity index (χ0) is 14.5. The number of rotatable bonds is 4. The molecule has 1 aromatic heterocycles. The van der Waals surface area contributed by atoms with Crippen molar-refractivity contribution in [1.82, 2.24) is 5.32 Å². The summed E-state index contributed by atoms with van der Waals surface area (Å²) in [6, 6.07) is 12.1.